The zero-order chi connectivity index (χ0) is 55.7. The maximum atomic E-state index is 14.2. The number of rotatable bonds is 27. The average Bonchev–Trinajstić information content (AvgIpc) is 3.34. The number of nitrogens with zero attached hydrogens (tertiary/aromatic N) is 1. The van der Waals surface area contributed by atoms with Crippen molar-refractivity contribution in [3.63, 3.8) is 0 Å². The Labute approximate surface area is 435 Å². The Kier molecular flexibility index (Phi) is 25.3. The Bertz CT molecular complexity index is 2080. The van der Waals surface area contributed by atoms with E-state index < -0.39 is 148 Å². The summed E-state index contributed by atoms with van der Waals surface area (Å²) in [7, 11) is -2.42. The Hall–Kier alpha value is -4.82. The molecule has 74 heavy (non-hydrogen) atoms. The van der Waals surface area contributed by atoms with Crippen LogP contribution < -0.4 is 37.0 Å². The molecule has 3 aliphatic rings. The third-order valence-corrected chi connectivity index (χ3v) is 15.2. The molecule has 25 heteroatoms. The van der Waals surface area contributed by atoms with E-state index in [-0.39, 0.29) is 62.9 Å². The van der Waals surface area contributed by atoms with Crippen LogP contribution in [0.2, 0.25) is 0 Å². The van der Waals surface area contributed by atoms with Crippen molar-refractivity contribution in [2.24, 2.45) is 35.3 Å². The predicted octanol–water partition coefficient (Wildman–Crippen LogP) is -0.832. The molecule has 1 unspecified atom stereocenters. The molecule has 422 valence electrons. The van der Waals surface area contributed by atoms with E-state index in [2.05, 4.69) is 26.6 Å². The lowest BCUT2D eigenvalue weighted by Gasteiger charge is -2.42. The van der Waals surface area contributed by atoms with Gasteiger partial charge in [0.1, 0.15) is 30.3 Å². The molecule has 0 radical (unpaired) electrons. The lowest BCUT2D eigenvalue weighted by molar-refractivity contribution is -0.262. The van der Waals surface area contributed by atoms with Crippen molar-refractivity contribution in [1.82, 2.24) is 36.2 Å². The summed E-state index contributed by atoms with van der Waals surface area (Å²) in [5.74, 6) is -12.6. The molecule has 3 rings (SSSR count). The van der Waals surface area contributed by atoms with Gasteiger partial charge in [0.2, 0.25) is 45.3 Å². The molecule has 3 fully saturated rings. The number of carbonyl (C=O) groups excluding carboxylic acids is 9. The van der Waals surface area contributed by atoms with E-state index in [9.17, 15) is 61.8 Å². The molecule has 0 aromatic rings. The average molecular weight is 1070 g/mol. The molecular weight excluding hydrogens is 989 g/mol. The lowest BCUT2D eigenvalue weighted by Crippen LogP contribution is -2.61. The standard InChI is InChI=1S/C49H84N8O16S/c1-10-74(69,70)56-45(64)34(21-27(2)3)54-44(63)31(8)53-46(65)42(28(4)5)55-41(61)26-52-40(60)25-37(29(6)22-32-15-17-36(58)38(23-32)71-9)72-48(67)35-13-11-12-20-57(35)47(66)43(62)49(68)30(7)14-16-33(73-49)24-39(59)51-19-18-50/h27-38,42,58,68H,10-26,50H2,1-9H3,(H,51,59)(H,52,60)(H,53,65)(H,54,63)(H,55,61)(H,56,64)/t29-,30-,31+,32+,33+,34+,35+,36-,37+,38-,42+,49?/m1/s1. The van der Waals surface area contributed by atoms with Gasteiger partial charge in [0.05, 0.1) is 43.5 Å². The molecule has 0 aromatic heterocycles. The van der Waals surface area contributed by atoms with Gasteiger partial charge in [0.15, 0.2) is 0 Å². The fourth-order valence-corrected chi connectivity index (χ4v) is 10.1. The number of likely N-dealkylation sites (tertiary alicyclic amines) is 1. The van der Waals surface area contributed by atoms with Gasteiger partial charge >= 0.3 is 5.97 Å². The van der Waals surface area contributed by atoms with Gasteiger partial charge in [-0.2, -0.15) is 0 Å². The fourth-order valence-electron chi connectivity index (χ4n) is 9.46. The molecule has 1 saturated carbocycles. The van der Waals surface area contributed by atoms with Crippen LogP contribution in [-0.4, -0.2) is 170 Å². The summed E-state index contributed by atoms with van der Waals surface area (Å²) >= 11 is 0. The minimum absolute atomic E-state index is 0.00560. The van der Waals surface area contributed by atoms with Crippen LogP contribution in [0.25, 0.3) is 0 Å². The third-order valence-electron chi connectivity index (χ3n) is 14.0. The molecule has 24 nitrogen and oxygen atoms in total. The van der Waals surface area contributed by atoms with Crippen LogP contribution in [0.5, 0.6) is 0 Å². The predicted molar refractivity (Wildman–Crippen MR) is 268 cm³/mol. The number of ether oxygens (including phenoxy) is 3. The number of carbonyl (C=O) groups is 9. The number of nitrogens with two attached hydrogens (primary N) is 1. The summed E-state index contributed by atoms with van der Waals surface area (Å²) in [5, 5.41) is 34.8. The number of hydrogen-bond donors (Lipinski definition) is 9. The van der Waals surface area contributed by atoms with Crippen molar-refractivity contribution in [2.45, 2.75) is 187 Å². The normalized spacial score (nSPS) is 25.3. The fraction of sp³-hybridized carbons (Fsp3) is 0.816. The summed E-state index contributed by atoms with van der Waals surface area (Å²) in [6.07, 6.45) is 0.0580. The number of hydrogen-bond acceptors (Lipinski definition) is 17. The van der Waals surface area contributed by atoms with E-state index in [1.165, 1.54) is 21.0 Å². The number of nitrogens with one attached hydrogen (secondary N) is 6. The van der Waals surface area contributed by atoms with Crippen molar-refractivity contribution in [3.05, 3.63) is 0 Å². The highest BCUT2D eigenvalue weighted by Crippen LogP contribution is 2.36. The van der Waals surface area contributed by atoms with E-state index in [1.54, 1.807) is 41.5 Å². The second-order valence-corrected chi connectivity index (χ2v) is 22.9. The van der Waals surface area contributed by atoms with Crippen LogP contribution in [0.1, 0.15) is 132 Å². The van der Waals surface area contributed by atoms with Crippen LogP contribution in [0.4, 0.5) is 0 Å². The first-order valence-corrected chi connectivity index (χ1v) is 27.7. The number of Topliss-reactive ketones (excluding diaryl/α,β-unsaturated/α-hetero) is 1. The van der Waals surface area contributed by atoms with E-state index in [1.807, 2.05) is 4.72 Å². The van der Waals surface area contributed by atoms with Crippen LogP contribution in [0, 0.1) is 29.6 Å². The second kappa shape index (κ2) is 29.5. The summed E-state index contributed by atoms with van der Waals surface area (Å²) in [4.78, 5) is 122. The van der Waals surface area contributed by atoms with E-state index >= 15 is 0 Å². The summed E-state index contributed by atoms with van der Waals surface area (Å²) in [6, 6.07) is -4.93. The minimum Gasteiger partial charge on any atom is -0.460 e. The molecule has 2 heterocycles. The first kappa shape index (κ1) is 63.5. The quantitative estimate of drug-likeness (QED) is 0.0358. The maximum absolute atomic E-state index is 14.2. The van der Waals surface area contributed by atoms with Gasteiger partial charge in [0.25, 0.3) is 17.6 Å². The van der Waals surface area contributed by atoms with Gasteiger partial charge < -0.3 is 61.6 Å². The van der Waals surface area contributed by atoms with E-state index in [0.29, 0.717) is 44.9 Å². The Morgan fingerprint density at radius 1 is 0.851 bits per heavy atom. The minimum atomic E-state index is -3.92. The van der Waals surface area contributed by atoms with Gasteiger partial charge in [-0.15, -0.1) is 0 Å². The molecule has 0 aromatic carbocycles. The Morgan fingerprint density at radius 2 is 1.54 bits per heavy atom. The highest BCUT2D eigenvalue weighted by Gasteiger charge is 2.53. The van der Waals surface area contributed by atoms with Crippen molar-refractivity contribution in [1.29, 1.82) is 0 Å². The van der Waals surface area contributed by atoms with E-state index in [4.69, 9.17) is 19.9 Å². The summed E-state index contributed by atoms with van der Waals surface area (Å²) in [5.41, 5.74) is 5.48. The van der Waals surface area contributed by atoms with Crippen molar-refractivity contribution in [2.75, 3.05) is 39.0 Å². The molecular formula is C49H84N8O16S. The second-order valence-electron chi connectivity index (χ2n) is 20.9. The highest BCUT2D eigenvalue weighted by molar-refractivity contribution is 7.90. The molecule has 1 aliphatic carbocycles. The summed E-state index contributed by atoms with van der Waals surface area (Å²) < 4.78 is 43.4. The number of methoxy groups -OCH3 is 1. The van der Waals surface area contributed by atoms with Gasteiger partial charge in [-0.1, -0.05) is 41.5 Å². The van der Waals surface area contributed by atoms with Gasteiger partial charge in [-0.05, 0) is 102 Å². The van der Waals surface area contributed by atoms with Crippen LogP contribution >= 0.6 is 0 Å². The molecule has 0 spiro atoms. The smallest absolute Gasteiger partial charge is 0.329 e. The van der Waals surface area contributed by atoms with Gasteiger partial charge in [0, 0.05) is 32.7 Å². The van der Waals surface area contributed by atoms with Crippen molar-refractivity contribution >= 4 is 63.1 Å². The molecule has 12 atom stereocenters. The number of ketones is 1. The zero-order valence-corrected chi connectivity index (χ0v) is 45.4. The molecule has 10 N–H and O–H groups in total. The van der Waals surface area contributed by atoms with Crippen LogP contribution in [0.3, 0.4) is 0 Å². The largest absolute Gasteiger partial charge is 0.460 e. The first-order valence-electron chi connectivity index (χ1n) is 26.0. The number of esters is 1. The van der Waals surface area contributed by atoms with E-state index in [0.717, 1.165) is 4.90 Å². The topological polar surface area (TPSA) is 357 Å². The first-order chi connectivity index (χ1) is 34.7. The van der Waals surface area contributed by atoms with Crippen LogP contribution in [-0.2, 0) is 67.4 Å². The van der Waals surface area contributed by atoms with Crippen molar-refractivity contribution < 1.29 is 76.0 Å². The number of aliphatic hydroxyl groups is 2. The number of amides is 7. The highest BCUT2D eigenvalue weighted by atomic mass is 32.2. The number of sulfonamides is 1. The lowest BCUT2D eigenvalue weighted by atomic mass is 9.79. The Morgan fingerprint density at radius 3 is 2.16 bits per heavy atom. The van der Waals surface area contributed by atoms with Gasteiger partial charge in [-0.3, -0.25) is 43.1 Å². The number of piperidine rings is 1. The zero-order valence-electron chi connectivity index (χ0n) is 44.6. The monoisotopic (exact) mass is 1070 g/mol. The maximum Gasteiger partial charge on any atom is 0.329 e. The molecule has 0 bridgehead atoms. The summed E-state index contributed by atoms with van der Waals surface area (Å²) in [6.45, 7) is 12.6. The van der Waals surface area contributed by atoms with Crippen molar-refractivity contribution in [3.8, 4) is 0 Å². The molecule has 2 saturated heterocycles. The third kappa shape index (κ3) is 19.1. The molecule has 7 amide bonds. The Balaban J connectivity index is 1.74. The van der Waals surface area contributed by atoms with Gasteiger partial charge in [-0.25, -0.2) is 13.2 Å². The SMILES string of the molecule is CCS(=O)(=O)NC(=O)[C@H](CC(C)C)NC(=O)[C@H](C)NC(=O)[C@@H](NC(=O)CNC(=O)C[C@H](OC(=O)[C@@H]1CCCCN1C(=O)C(=O)C1(O)O[C@H](CC(=O)NCCN)CC[C@H]1C)[C@H](C)C[C@@H]1CC[C@@H](O)[C@H](OC)C1)C(C)C. The number of aliphatic hydroxyl groups excluding tert-OH is 1. The molecule has 2 aliphatic heterocycles. The van der Waals surface area contributed by atoms with Crippen LogP contribution in [0.15, 0.2) is 0 Å².